The van der Waals surface area contributed by atoms with Gasteiger partial charge in [0.2, 0.25) is 5.91 Å². The van der Waals surface area contributed by atoms with Gasteiger partial charge in [-0.25, -0.2) is 14.7 Å². The number of benzene rings is 2. The fourth-order valence-corrected chi connectivity index (χ4v) is 4.91. The number of Topliss-reactive ketones (excluding diaryl/α,β-unsaturated/α-hetero) is 1. The first-order chi connectivity index (χ1) is 17.7. The lowest BCUT2D eigenvalue weighted by atomic mass is 9.91. The number of rotatable bonds is 9. The van der Waals surface area contributed by atoms with Crippen LogP contribution >= 0.6 is 11.3 Å². The average molecular weight is 521 g/mol. The Morgan fingerprint density at radius 1 is 1.05 bits per heavy atom. The Labute approximate surface area is 218 Å². The first-order valence-corrected chi connectivity index (χ1v) is 12.7. The predicted molar refractivity (Wildman–Crippen MR) is 140 cm³/mol. The Hall–Kier alpha value is -4.05. The van der Waals surface area contributed by atoms with Crippen LogP contribution in [-0.2, 0) is 9.59 Å². The maximum Gasteiger partial charge on any atom is 0.325 e. The summed E-state index contributed by atoms with van der Waals surface area (Å²) in [6.07, 6.45) is 0. The van der Waals surface area contributed by atoms with Crippen LogP contribution in [0.4, 0.5) is 9.93 Å². The quantitative estimate of drug-likeness (QED) is 0.319. The van der Waals surface area contributed by atoms with Crippen molar-refractivity contribution < 1.29 is 23.9 Å². The molecule has 9 nitrogen and oxygen atoms in total. The molecule has 1 aliphatic heterocycles. The molecule has 2 aromatic carbocycles. The third kappa shape index (κ3) is 5.39. The monoisotopic (exact) mass is 520 g/mol. The van der Waals surface area contributed by atoms with Gasteiger partial charge in [0.1, 0.15) is 23.5 Å². The lowest BCUT2D eigenvalue weighted by Gasteiger charge is -2.29. The molecule has 0 radical (unpaired) electrons. The first-order valence-electron chi connectivity index (χ1n) is 11.8. The standard InChI is InChI=1S/C27H28N4O5S/c1-15(2)23(32)20-14-37-26(28-20)30-24(33)22(16(3)17-8-6-5-7-9-17)31-25(34)21(29-27(31)35)18-10-12-19(36-4)13-11-18/h5-16,21-22H,1-4H3,(H,29,35)(H,28,30,33)/t16-,21?,22-/m0/s1. The molecule has 37 heavy (non-hydrogen) atoms. The minimum absolute atomic E-state index is 0.137. The van der Waals surface area contributed by atoms with Crippen molar-refractivity contribution in [3.05, 3.63) is 76.8 Å². The minimum atomic E-state index is -1.16. The molecule has 1 saturated heterocycles. The number of methoxy groups -OCH3 is 1. The number of nitrogens with one attached hydrogen (secondary N) is 2. The minimum Gasteiger partial charge on any atom is -0.497 e. The van der Waals surface area contributed by atoms with Gasteiger partial charge in [-0.05, 0) is 23.3 Å². The molecule has 3 atom stereocenters. The molecule has 3 aromatic rings. The van der Waals surface area contributed by atoms with Crippen LogP contribution in [0.25, 0.3) is 0 Å². The predicted octanol–water partition coefficient (Wildman–Crippen LogP) is 4.39. The van der Waals surface area contributed by atoms with Gasteiger partial charge < -0.3 is 15.4 Å². The Morgan fingerprint density at radius 3 is 2.35 bits per heavy atom. The number of ether oxygens (including phenoxy) is 1. The van der Waals surface area contributed by atoms with Gasteiger partial charge in [-0.2, -0.15) is 0 Å². The highest BCUT2D eigenvalue weighted by molar-refractivity contribution is 7.14. The molecule has 192 valence electrons. The Morgan fingerprint density at radius 2 is 1.73 bits per heavy atom. The Kier molecular flexibility index (Phi) is 7.68. The Balaban J connectivity index is 1.65. The molecule has 2 heterocycles. The van der Waals surface area contributed by atoms with Crippen molar-refractivity contribution in [2.45, 2.75) is 38.8 Å². The summed E-state index contributed by atoms with van der Waals surface area (Å²) in [5.41, 5.74) is 1.62. The fourth-order valence-electron chi connectivity index (χ4n) is 4.21. The largest absolute Gasteiger partial charge is 0.497 e. The summed E-state index contributed by atoms with van der Waals surface area (Å²) in [6, 6.07) is 13.2. The number of amides is 4. The van der Waals surface area contributed by atoms with Crippen molar-refractivity contribution in [3.8, 4) is 5.75 Å². The number of thiazole rings is 1. The second-order valence-corrected chi connectivity index (χ2v) is 9.91. The van der Waals surface area contributed by atoms with E-state index in [1.807, 2.05) is 30.3 Å². The van der Waals surface area contributed by atoms with Crippen molar-refractivity contribution >= 4 is 40.1 Å². The zero-order chi connectivity index (χ0) is 26.7. The third-order valence-corrected chi connectivity index (χ3v) is 7.03. The second-order valence-electron chi connectivity index (χ2n) is 9.05. The first kappa shape index (κ1) is 26.0. The van der Waals surface area contributed by atoms with Crippen LogP contribution in [0.2, 0.25) is 0 Å². The lowest BCUT2D eigenvalue weighted by molar-refractivity contribution is -0.134. The number of hydrogen-bond acceptors (Lipinski definition) is 7. The molecule has 1 aliphatic rings. The zero-order valence-electron chi connectivity index (χ0n) is 20.9. The molecule has 0 aliphatic carbocycles. The second kappa shape index (κ2) is 10.9. The van der Waals surface area contributed by atoms with E-state index < -0.39 is 35.8 Å². The molecule has 1 unspecified atom stereocenters. The molecule has 0 saturated carbocycles. The van der Waals surface area contributed by atoms with Crippen molar-refractivity contribution in [2.75, 3.05) is 12.4 Å². The van der Waals surface area contributed by atoms with Gasteiger partial charge in [-0.1, -0.05) is 63.2 Å². The van der Waals surface area contributed by atoms with Gasteiger partial charge in [-0.15, -0.1) is 11.3 Å². The maximum atomic E-state index is 13.6. The smallest absolute Gasteiger partial charge is 0.325 e. The van der Waals surface area contributed by atoms with Crippen LogP contribution < -0.4 is 15.4 Å². The summed E-state index contributed by atoms with van der Waals surface area (Å²) in [5, 5.41) is 7.23. The van der Waals surface area contributed by atoms with E-state index in [9.17, 15) is 19.2 Å². The van der Waals surface area contributed by atoms with Gasteiger partial charge in [0.05, 0.1) is 7.11 Å². The highest BCUT2D eigenvalue weighted by Crippen LogP contribution is 2.32. The molecule has 2 N–H and O–H groups in total. The molecule has 1 fully saturated rings. The zero-order valence-corrected chi connectivity index (χ0v) is 21.7. The number of carbonyl (C=O) groups is 4. The van der Waals surface area contributed by atoms with Crippen molar-refractivity contribution in [1.29, 1.82) is 0 Å². The van der Waals surface area contributed by atoms with E-state index in [2.05, 4.69) is 15.6 Å². The van der Waals surface area contributed by atoms with Crippen molar-refractivity contribution in [1.82, 2.24) is 15.2 Å². The summed E-state index contributed by atoms with van der Waals surface area (Å²) < 4.78 is 5.18. The van der Waals surface area contributed by atoms with Gasteiger partial charge in [0.25, 0.3) is 5.91 Å². The van der Waals surface area contributed by atoms with E-state index >= 15 is 0 Å². The van der Waals surface area contributed by atoms with Crippen molar-refractivity contribution in [3.63, 3.8) is 0 Å². The summed E-state index contributed by atoms with van der Waals surface area (Å²) in [4.78, 5) is 57.8. The normalized spacial score (nSPS) is 16.9. The van der Waals surface area contributed by atoms with E-state index in [0.717, 1.165) is 21.8 Å². The van der Waals surface area contributed by atoms with E-state index in [0.29, 0.717) is 11.3 Å². The number of ketones is 1. The molecule has 10 heteroatoms. The number of hydrogen-bond donors (Lipinski definition) is 2. The van der Waals surface area contributed by atoms with E-state index in [1.165, 1.54) is 7.11 Å². The van der Waals surface area contributed by atoms with Gasteiger partial charge in [0, 0.05) is 17.2 Å². The van der Waals surface area contributed by atoms with Crippen LogP contribution in [0.5, 0.6) is 5.75 Å². The van der Waals surface area contributed by atoms with E-state index in [1.54, 1.807) is 50.4 Å². The van der Waals surface area contributed by atoms with Gasteiger partial charge in [0.15, 0.2) is 10.9 Å². The number of nitrogens with zero attached hydrogens (tertiary/aromatic N) is 2. The number of aromatic nitrogens is 1. The summed E-state index contributed by atoms with van der Waals surface area (Å²) >= 11 is 1.11. The molecule has 0 spiro atoms. The summed E-state index contributed by atoms with van der Waals surface area (Å²) in [6.45, 7) is 5.33. The molecule has 1 aromatic heterocycles. The molecular formula is C27H28N4O5S. The third-order valence-electron chi connectivity index (χ3n) is 6.28. The van der Waals surface area contributed by atoms with Crippen LogP contribution in [0.1, 0.15) is 54.3 Å². The molecular weight excluding hydrogens is 492 g/mol. The van der Waals surface area contributed by atoms with E-state index in [-0.39, 0.29) is 22.5 Å². The Bertz CT molecular complexity index is 1310. The highest BCUT2D eigenvalue weighted by atomic mass is 32.1. The summed E-state index contributed by atoms with van der Waals surface area (Å²) in [5.74, 6) is -1.39. The fraction of sp³-hybridized carbons (Fsp3) is 0.296. The number of anilines is 1. The number of carbonyl (C=O) groups excluding carboxylic acids is 4. The SMILES string of the molecule is COc1ccc(C2NC(=O)N([C@H](C(=O)Nc3nc(C(=O)C(C)C)cs3)[C@@H](C)c3ccccc3)C2=O)cc1. The molecule has 0 bridgehead atoms. The van der Waals surface area contributed by atoms with Crippen LogP contribution in [0.3, 0.4) is 0 Å². The number of imide groups is 1. The lowest BCUT2D eigenvalue weighted by Crippen LogP contribution is -2.50. The molecule has 4 amide bonds. The van der Waals surface area contributed by atoms with Crippen LogP contribution in [0.15, 0.2) is 60.0 Å². The number of urea groups is 1. The highest BCUT2D eigenvalue weighted by Gasteiger charge is 2.47. The van der Waals surface area contributed by atoms with E-state index in [4.69, 9.17) is 4.74 Å². The van der Waals surface area contributed by atoms with Crippen molar-refractivity contribution in [2.24, 2.45) is 5.92 Å². The van der Waals surface area contributed by atoms with Crippen LogP contribution in [0, 0.1) is 5.92 Å². The average Bonchev–Trinajstić information content (AvgIpc) is 3.48. The van der Waals surface area contributed by atoms with Crippen LogP contribution in [-0.4, -0.2) is 46.7 Å². The van der Waals surface area contributed by atoms with Gasteiger partial charge >= 0.3 is 6.03 Å². The van der Waals surface area contributed by atoms with Gasteiger partial charge in [-0.3, -0.25) is 14.4 Å². The molecule has 4 rings (SSSR count). The topological polar surface area (TPSA) is 118 Å². The maximum absolute atomic E-state index is 13.6. The summed E-state index contributed by atoms with van der Waals surface area (Å²) in [7, 11) is 1.54.